The number of hydrogen-bond acceptors (Lipinski definition) is 6. The molecule has 4 rings (SSSR count). The van der Waals surface area contributed by atoms with Gasteiger partial charge in [-0.15, -0.1) is 0 Å². The van der Waals surface area contributed by atoms with Gasteiger partial charge in [0.2, 0.25) is 5.91 Å². The molecule has 3 heterocycles. The maximum absolute atomic E-state index is 13.6. The Balaban J connectivity index is 2.19. The molecule has 0 spiro atoms. The highest BCUT2D eigenvalue weighted by molar-refractivity contribution is 5.77. The lowest BCUT2D eigenvalue weighted by molar-refractivity contribution is -0.135. The second kappa shape index (κ2) is 8.99. The van der Waals surface area contributed by atoms with E-state index in [1.54, 1.807) is 13.8 Å². The van der Waals surface area contributed by atoms with Crippen molar-refractivity contribution < 1.29 is 33.5 Å². The number of pyridine rings is 1. The molecule has 1 amide bonds. The largest absolute Gasteiger partial charge is 0.384 e. The van der Waals surface area contributed by atoms with Crippen LogP contribution in [0.1, 0.15) is 94.3 Å². The Morgan fingerprint density at radius 1 is 1.47 bits per heavy atom. The molecular formula is C25H36N4O3. The van der Waals surface area contributed by atoms with E-state index in [4.69, 9.17) is 24.6 Å². The molecule has 174 valence electrons. The van der Waals surface area contributed by atoms with E-state index in [0.29, 0.717) is 29.7 Å². The number of carbonyl (C=O) groups excluding carboxylic acids is 1. The van der Waals surface area contributed by atoms with E-state index < -0.39 is 85.9 Å². The Bertz CT molecular complexity index is 1440. The Labute approximate surface area is 211 Å². The van der Waals surface area contributed by atoms with Gasteiger partial charge in [-0.25, -0.2) is 4.98 Å². The molecule has 1 unspecified atom stereocenters. The molecule has 1 aliphatic carbocycles. The van der Waals surface area contributed by atoms with Gasteiger partial charge in [-0.1, -0.05) is 13.7 Å². The number of carbonyl (C=O) groups is 1. The fourth-order valence-electron chi connectivity index (χ4n) is 3.85. The fraction of sp³-hybridized carbons (Fsp3) is 0.720. The first-order valence-electron chi connectivity index (χ1n) is 17.4. The molecule has 2 aliphatic heterocycles. The number of methoxy groups -OCH3 is 1. The lowest BCUT2D eigenvalue weighted by Gasteiger charge is -2.44. The van der Waals surface area contributed by atoms with E-state index in [9.17, 15) is 14.2 Å². The van der Waals surface area contributed by atoms with E-state index in [1.165, 1.54) is 0 Å². The van der Waals surface area contributed by atoms with Gasteiger partial charge in [-0.2, -0.15) is 5.26 Å². The van der Waals surface area contributed by atoms with Crippen LogP contribution in [0, 0.1) is 17.2 Å². The number of anilines is 1. The van der Waals surface area contributed by atoms with Gasteiger partial charge in [0.15, 0.2) is 0 Å². The third-order valence-electron chi connectivity index (χ3n) is 5.64. The molecule has 0 N–H and O–H groups in total. The SMILES string of the molecule is [2H]C([2H])([2H])C([2H])(C([2H])([2H])[2H])C1([2H])N(C(=O)CCOC)C([2H])([2H])C([2H])([2H])N(c2nc(C3CC3)c3c(c2C#N)CC(C)(C)OC3)C1([2H])[2H]. The van der Waals surface area contributed by atoms with Crippen LogP contribution in [0.5, 0.6) is 0 Å². The van der Waals surface area contributed by atoms with Crippen molar-refractivity contribution in [3.05, 3.63) is 22.4 Å². The molecule has 2 fully saturated rings. The molecule has 7 heteroatoms. The van der Waals surface area contributed by atoms with Gasteiger partial charge in [0, 0.05) is 54.1 Å². The smallest absolute Gasteiger partial charge is 0.225 e. The second-order valence-corrected chi connectivity index (χ2v) is 8.63. The number of fused-ring (bicyclic) bond motifs is 1. The van der Waals surface area contributed by atoms with Gasteiger partial charge in [0.1, 0.15) is 11.9 Å². The fourth-order valence-corrected chi connectivity index (χ4v) is 3.85. The molecular weight excluding hydrogens is 404 g/mol. The summed E-state index contributed by atoms with van der Waals surface area (Å²) in [5, 5.41) is 10.4. The van der Waals surface area contributed by atoms with Crippen LogP contribution in [0.25, 0.3) is 0 Å². The van der Waals surface area contributed by atoms with Gasteiger partial charge in [-0.3, -0.25) is 4.79 Å². The highest BCUT2D eigenvalue weighted by Crippen LogP contribution is 2.46. The first kappa shape index (κ1) is 11.3. The standard InChI is InChI=1S/C25H36N4O3/c1-16(2)21-14-28(9-10-29(21)22(30)8-11-31-5)24-19(13-26)18-12-25(3,4)32-15-20(18)23(27-24)17-6-7-17/h16-17,21H,6-12,14-15H2,1-5H3/i1D3,2D3,9D2,10D2,14D2,16D,21D. The van der Waals surface area contributed by atoms with Crippen LogP contribution in [0.2, 0.25) is 0 Å². The molecule has 1 aromatic rings. The minimum Gasteiger partial charge on any atom is -0.384 e. The maximum Gasteiger partial charge on any atom is 0.225 e. The minimum atomic E-state index is -4.29. The van der Waals surface area contributed by atoms with Crippen LogP contribution in [0.15, 0.2) is 0 Å². The number of hydrogen-bond donors (Lipinski definition) is 0. The zero-order valence-electron chi connectivity index (χ0n) is 32.3. The van der Waals surface area contributed by atoms with E-state index in [1.807, 2.05) is 6.07 Å². The summed E-state index contributed by atoms with van der Waals surface area (Å²) in [4.78, 5) is 17.7. The first-order chi connectivity index (χ1) is 20.7. The predicted molar refractivity (Wildman–Crippen MR) is 123 cm³/mol. The third-order valence-corrected chi connectivity index (χ3v) is 5.64. The number of nitriles is 1. The lowest BCUT2D eigenvalue weighted by atomic mass is 9.87. The van der Waals surface area contributed by atoms with Crippen LogP contribution >= 0.6 is 0 Å². The molecule has 32 heavy (non-hydrogen) atoms. The van der Waals surface area contributed by atoms with Gasteiger partial charge < -0.3 is 19.3 Å². The molecule has 3 aliphatic rings. The molecule has 7 nitrogen and oxygen atoms in total. The predicted octanol–water partition coefficient (Wildman–Crippen LogP) is 3.39. The molecule has 0 bridgehead atoms. The van der Waals surface area contributed by atoms with Crippen molar-refractivity contribution in [3.63, 3.8) is 0 Å². The highest BCUT2D eigenvalue weighted by atomic mass is 16.5. The molecule has 1 aromatic heterocycles. The van der Waals surface area contributed by atoms with Crippen molar-refractivity contribution in [1.29, 1.82) is 5.26 Å². The summed E-state index contributed by atoms with van der Waals surface area (Å²) in [6.45, 7) is -16.8. The zero-order valence-corrected chi connectivity index (χ0v) is 18.3. The van der Waals surface area contributed by atoms with Gasteiger partial charge >= 0.3 is 0 Å². The van der Waals surface area contributed by atoms with Gasteiger partial charge in [-0.05, 0) is 38.1 Å². The van der Waals surface area contributed by atoms with Gasteiger partial charge in [0.25, 0.3) is 0 Å². The van der Waals surface area contributed by atoms with E-state index in [-0.39, 0.29) is 23.8 Å². The number of aromatic nitrogens is 1. The average Bonchev–Trinajstić information content (AvgIpc) is 3.73. The summed E-state index contributed by atoms with van der Waals surface area (Å²) in [6.07, 6.45) is 0.482. The summed E-state index contributed by atoms with van der Waals surface area (Å²) >= 11 is 0. The lowest BCUT2D eigenvalue weighted by Crippen LogP contribution is -2.57. The average molecular weight is 455 g/mol. The van der Waals surface area contributed by atoms with Crippen LogP contribution in [-0.2, 0) is 27.3 Å². The van der Waals surface area contributed by atoms with Crippen LogP contribution < -0.4 is 4.90 Å². The van der Waals surface area contributed by atoms with Crippen molar-refractivity contribution in [2.24, 2.45) is 5.89 Å². The Kier molecular flexibility index (Phi) is 3.18. The molecule has 0 radical (unpaired) electrons. The Hall–Kier alpha value is -2.17. The highest BCUT2D eigenvalue weighted by Gasteiger charge is 2.39. The number of nitrogens with zero attached hydrogens (tertiary/aromatic N) is 4. The van der Waals surface area contributed by atoms with Gasteiger partial charge in [0.05, 0.1) is 52.1 Å². The molecule has 1 atom stereocenters. The third kappa shape index (κ3) is 4.49. The molecule has 0 aromatic carbocycles. The quantitative estimate of drug-likeness (QED) is 0.656. The van der Waals surface area contributed by atoms with Crippen molar-refractivity contribution in [2.75, 3.05) is 38.1 Å². The minimum absolute atomic E-state index is 0.00876. The second-order valence-electron chi connectivity index (χ2n) is 8.63. The van der Waals surface area contributed by atoms with E-state index in [2.05, 4.69) is 4.98 Å². The Morgan fingerprint density at radius 2 is 2.25 bits per heavy atom. The normalized spacial score (nSPS) is 37.2. The van der Waals surface area contributed by atoms with Crippen LogP contribution in [-0.4, -0.2) is 60.6 Å². The van der Waals surface area contributed by atoms with Crippen molar-refractivity contribution in [3.8, 4) is 6.07 Å². The molecule has 1 saturated heterocycles. The summed E-state index contributed by atoms with van der Waals surface area (Å²) in [7, 11) is 1.15. The topological polar surface area (TPSA) is 78.7 Å². The maximum atomic E-state index is 13.6. The number of piperazine rings is 1. The Morgan fingerprint density at radius 3 is 2.91 bits per heavy atom. The van der Waals surface area contributed by atoms with Crippen molar-refractivity contribution in [2.45, 2.75) is 77.4 Å². The van der Waals surface area contributed by atoms with Crippen molar-refractivity contribution >= 4 is 11.7 Å². The summed E-state index contributed by atoms with van der Waals surface area (Å²) in [6, 6.07) is -2.34. The summed E-state index contributed by atoms with van der Waals surface area (Å²) in [5.74, 6) is -6.89. The van der Waals surface area contributed by atoms with Crippen molar-refractivity contribution in [1.82, 2.24) is 9.88 Å². The zero-order chi connectivity index (χ0) is 35.3. The summed E-state index contributed by atoms with van der Waals surface area (Å²) < 4.78 is 132. The first-order valence-corrected chi connectivity index (χ1v) is 10.4. The van der Waals surface area contributed by atoms with Crippen LogP contribution in [0.3, 0.4) is 0 Å². The number of ether oxygens (including phenoxy) is 2. The van der Waals surface area contributed by atoms with Crippen LogP contribution in [0.4, 0.5) is 5.82 Å². The monoisotopic (exact) mass is 454 g/mol. The van der Waals surface area contributed by atoms with E-state index in [0.717, 1.165) is 7.11 Å². The van der Waals surface area contributed by atoms with E-state index >= 15 is 0 Å². The molecule has 1 saturated carbocycles. The number of amides is 1. The summed E-state index contributed by atoms with van der Waals surface area (Å²) in [5.41, 5.74) is -0.147. The number of rotatable bonds is 6.